The van der Waals surface area contributed by atoms with Gasteiger partial charge in [0.15, 0.2) is 17.3 Å². The lowest BCUT2D eigenvalue weighted by atomic mass is 10.1. The van der Waals surface area contributed by atoms with E-state index < -0.39 is 0 Å². The van der Waals surface area contributed by atoms with Crippen molar-refractivity contribution in [1.82, 2.24) is 0 Å². The Labute approximate surface area is 115 Å². The van der Waals surface area contributed by atoms with Crippen LogP contribution in [0.25, 0.3) is 6.08 Å². The normalized spacial score (nSPS) is 10.3. The van der Waals surface area contributed by atoms with E-state index in [4.69, 9.17) is 5.26 Å². The minimum atomic E-state index is -0.238. The van der Waals surface area contributed by atoms with Crippen molar-refractivity contribution in [2.45, 2.75) is 0 Å². The monoisotopic (exact) mass is 265 g/mol. The van der Waals surface area contributed by atoms with Crippen molar-refractivity contribution in [3.05, 3.63) is 65.2 Å². The molecule has 2 rings (SSSR count). The van der Waals surface area contributed by atoms with Gasteiger partial charge in [-0.1, -0.05) is 12.1 Å². The molecule has 0 atom stereocenters. The molecule has 2 aromatic rings. The summed E-state index contributed by atoms with van der Waals surface area (Å²) in [6, 6.07) is 12.6. The minimum Gasteiger partial charge on any atom is -0.504 e. The van der Waals surface area contributed by atoms with Crippen molar-refractivity contribution in [3.63, 3.8) is 0 Å². The molecule has 0 spiro atoms. The van der Waals surface area contributed by atoms with Crippen LogP contribution in [0.5, 0.6) is 11.5 Å². The Morgan fingerprint density at radius 3 is 2.35 bits per heavy atom. The maximum absolute atomic E-state index is 11.9. The Balaban J connectivity index is 2.15. The second-order valence-electron chi connectivity index (χ2n) is 4.13. The average Bonchev–Trinajstić information content (AvgIpc) is 2.48. The number of benzene rings is 2. The third-order valence-electron chi connectivity index (χ3n) is 2.73. The van der Waals surface area contributed by atoms with Gasteiger partial charge in [-0.15, -0.1) is 0 Å². The summed E-state index contributed by atoms with van der Waals surface area (Å²) in [6.07, 6.45) is 2.91. The highest BCUT2D eigenvalue weighted by Crippen LogP contribution is 2.25. The van der Waals surface area contributed by atoms with Gasteiger partial charge < -0.3 is 10.2 Å². The number of nitrogens with zero attached hydrogens (tertiary/aromatic N) is 1. The van der Waals surface area contributed by atoms with Gasteiger partial charge in [0.25, 0.3) is 0 Å². The van der Waals surface area contributed by atoms with E-state index in [0.717, 1.165) is 0 Å². The second-order valence-corrected chi connectivity index (χ2v) is 4.13. The topological polar surface area (TPSA) is 81.3 Å². The van der Waals surface area contributed by atoms with Crippen molar-refractivity contribution >= 4 is 11.9 Å². The molecule has 0 radical (unpaired) electrons. The van der Waals surface area contributed by atoms with Crippen LogP contribution in [0.2, 0.25) is 0 Å². The number of aromatic hydroxyl groups is 2. The van der Waals surface area contributed by atoms with Crippen molar-refractivity contribution in [2.75, 3.05) is 0 Å². The molecule has 4 heteroatoms. The Bertz CT molecular complexity index is 709. The number of hydrogen-bond acceptors (Lipinski definition) is 4. The zero-order valence-corrected chi connectivity index (χ0v) is 10.4. The summed E-state index contributed by atoms with van der Waals surface area (Å²) in [5, 5.41) is 27.2. The summed E-state index contributed by atoms with van der Waals surface area (Å²) in [7, 11) is 0. The second kappa shape index (κ2) is 5.72. The molecule has 0 bridgehead atoms. The lowest BCUT2D eigenvalue weighted by molar-refractivity contribution is 0.104. The first-order chi connectivity index (χ1) is 9.60. The van der Waals surface area contributed by atoms with Crippen molar-refractivity contribution < 1.29 is 15.0 Å². The zero-order valence-electron chi connectivity index (χ0n) is 10.4. The standard InChI is InChI=1S/C16H11NO3/c17-10-12-1-5-13(6-2-12)14(18)7-3-11-4-8-15(19)16(20)9-11/h1-9,19-20H/b7-3+. The van der Waals surface area contributed by atoms with Gasteiger partial charge in [-0.25, -0.2) is 0 Å². The molecule has 0 aliphatic carbocycles. The minimum absolute atomic E-state index is 0.206. The molecule has 0 amide bonds. The molecule has 4 nitrogen and oxygen atoms in total. The molecular formula is C16H11NO3. The maximum Gasteiger partial charge on any atom is 0.185 e. The molecule has 2 N–H and O–H groups in total. The number of hydrogen-bond donors (Lipinski definition) is 2. The fraction of sp³-hybridized carbons (Fsp3) is 0. The number of rotatable bonds is 3. The number of carbonyl (C=O) groups is 1. The van der Waals surface area contributed by atoms with Crippen LogP contribution in [0.15, 0.2) is 48.5 Å². The van der Waals surface area contributed by atoms with E-state index in [1.807, 2.05) is 6.07 Å². The fourth-order valence-corrected chi connectivity index (χ4v) is 1.62. The molecule has 0 saturated carbocycles. The first-order valence-electron chi connectivity index (χ1n) is 5.85. The number of phenols is 2. The van der Waals surface area contributed by atoms with Gasteiger partial charge >= 0.3 is 0 Å². The van der Waals surface area contributed by atoms with Gasteiger partial charge in [0.2, 0.25) is 0 Å². The van der Waals surface area contributed by atoms with E-state index in [1.165, 1.54) is 18.2 Å². The van der Waals surface area contributed by atoms with Crippen LogP contribution in [-0.2, 0) is 0 Å². The van der Waals surface area contributed by atoms with Gasteiger partial charge in [-0.2, -0.15) is 5.26 Å². The largest absolute Gasteiger partial charge is 0.504 e. The highest BCUT2D eigenvalue weighted by atomic mass is 16.3. The number of ketones is 1. The highest BCUT2D eigenvalue weighted by molar-refractivity contribution is 6.06. The number of phenolic OH excluding ortho intramolecular Hbond substituents is 2. The molecule has 0 aliphatic heterocycles. The molecule has 0 heterocycles. The summed E-state index contributed by atoms with van der Waals surface area (Å²) in [5.74, 6) is -0.652. The van der Waals surface area contributed by atoms with Gasteiger partial charge in [0, 0.05) is 5.56 Å². The molecule has 0 fully saturated rings. The van der Waals surface area contributed by atoms with Crippen molar-refractivity contribution in [3.8, 4) is 17.6 Å². The predicted molar refractivity (Wildman–Crippen MR) is 74.3 cm³/mol. The van der Waals surface area contributed by atoms with Crippen molar-refractivity contribution in [2.24, 2.45) is 0 Å². The zero-order chi connectivity index (χ0) is 14.5. The van der Waals surface area contributed by atoms with E-state index in [1.54, 1.807) is 36.4 Å². The SMILES string of the molecule is N#Cc1ccc(C(=O)/C=C/c2ccc(O)c(O)c2)cc1. The Morgan fingerprint density at radius 1 is 1.05 bits per heavy atom. The molecule has 0 unspecified atom stereocenters. The molecular weight excluding hydrogens is 254 g/mol. The van der Waals surface area contributed by atoms with E-state index in [0.29, 0.717) is 16.7 Å². The van der Waals surface area contributed by atoms with Crippen LogP contribution in [0.3, 0.4) is 0 Å². The van der Waals surface area contributed by atoms with E-state index in [9.17, 15) is 15.0 Å². The van der Waals surface area contributed by atoms with Crippen LogP contribution < -0.4 is 0 Å². The van der Waals surface area contributed by atoms with Crippen LogP contribution in [-0.4, -0.2) is 16.0 Å². The molecule has 20 heavy (non-hydrogen) atoms. The molecule has 0 aliphatic rings. The first-order valence-corrected chi connectivity index (χ1v) is 5.85. The summed E-state index contributed by atoms with van der Waals surface area (Å²) in [4.78, 5) is 11.9. The summed E-state index contributed by atoms with van der Waals surface area (Å²) < 4.78 is 0. The smallest absolute Gasteiger partial charge is 0.185 e. The lowest BCUT2D eigenvalue weighted by Gasteiger charge is -1.99. The van der Waals surface area contributed by atoms with Gasteiger partial charge in [0.05, 0.1) is 11.6 Å². The van der Waals surface area contributed by atoms with E-state index in [-0.39, 0.29) is 17.3 Å². The Hall–Kier alpha value is -3.06. The van der Waals surface area contributed by atoms with Crippen LogP contribution in [0, 0.1) is 11.3 Å². The molecule has 98 valence electrons. The maximum atomic E-state index is 11.9. The Kier molecular flexibility index (Phi) is 3.82. The van der Waals surface area contributed by atoms with Crippen LogP contribution in [0.1, 0.15) is 21.5 Å². The summed E-state index contributed by atoms with van der Waals surface area (Å²) in [5.41, 5.74) is 1.57. The number of allylic oxidation sites excluding steroid dienone is 1. The average molecular weight is 265 g/mol. The fourth-order valence-electron chi connectivity index (χ4n) is 1.62. The Morgan fingerprint density at radius 2 is 1.75 bits per heavy atom. The summed E-state index contributed by atoms with van der Waals surface area (Å²) in [6.45, 7) is 0. The predicted octanol–water partition coefficient (Wildman–Crippen LogP) is 2.87. The van der Waals surface area contributed by atoms with Gasteiger partial charge in [0.1, 0.15) is 0 Å². The highest BCUT2D eigenvalue weighted by Gasteiger charge is 2.02. The first kappa shape index (κ1) is 13.4. The number of nitriles is 1. The molecule has 2 aromatic carbocycles. The van der Waals surface area contributed by atoms with Crippen molar-refractivity contribution in [1.29, 1.82) is 5.26 Å². The van der Waals surface area contributed by atoms with Gasteiger partial charge in [-0.05, 0) is 48.0 Å². The lowest BCUT2D eigenvalue weighted by Crippen LogP contribution is -1.93. The van der Waals surface area contributed by atoms with E-state index >= 15 is 0 Å². The third kappa shape index (κ3) is 3.03. The third-order valence-corrected chi connectivity index (χ3v) is 2.73. The van der Waals surface area contributed by atoms with Crippen LogP contribution >= 0.6 is 0 Å². The van der Waals surface area contributed by atoms with E-state index in [2.05, 4.69) is 0 Å². The summed E-state index contributed by atoms with van der Waals surface area (Å²) >= 11 is 0. The molecule has 0 saturated heterocycles. The number of carbonyl (C=O) groups excluding carboxylic acids is 1. The molecule has 0 aromatic heterocycles. The quantitative estimate of drug-likeness (QED) is 0.508. The van der Waals surface area contributed by atoms with Crippen LogP contribution in [0.4, 0.5) is 0 Å². The van der Waals surface area contributed by atoms with Gasteiger partial charge in [-0.3, -0.25) is 4.79 Å².